The van der Waals surface area contributed by atoms with Crippen LogP contribution in [-0.2, 0) is 6.54 Å². The van der Waals surface area contributed by atoms with Crippen molar-refractivity contribution in [2.24, 2.45) is 0 Å². The minimum absolute atomic E-state index is 0. The Morgan fingerprint density at radius 2 is 1.85 bits per heavy atom. The molecule has 1 fully saturated rings. The zero-order valence-corrected chi connectivity index (χ0v) is 15.8. The molecule has 1 aromatic carbocycles. The fourth-order valence-corrected chi connectivity index (χ4v) is 3.24. The lowest BCUT2D eigenvalue weighted by Crippen LogP contribution is -3.00. The van der Waals surface area contributed by atoms with Crippen LogP contribution in [0, 0.1) is 0 Å². The summed E-state index contributed by atoms with van der Waals surface area (Å²) in [4.78, 5) is 14.0. The van der Waals surface area contributed by atoms with Crippen molar-refractivity contribution in [3.8, 4) is 0 Å². The number of hydrogen-bond acceptors (Lipinski definition) is 7. The normalized spacial score (nSPS) is 14.9. The first kappa shape index (κ1) is 19.4. The van der Waals surface area contributed by atoms with Gasteiger partial charge >= 0.3 is 0 Å². The zero-order valence-electron chi connectivity index (χ0n) is 15.0. The molecular weight excluding hydrogens is 366 g/mol. The number of aromatic nitrogens is 2. The van der Waals surface area contributed by atoms with Crippen LogP contribution in [0.3, 0.4) is 0 Å². The number of nitrogens with zero attached hydrogens (tertiary/aromatic N) is 4. The molecule has 2 aromatic heterocycles. The van der Waals surface area contributed by atoms with Gasteiger partial charge in [-0.05, 0) is 24.3 Å². The molecule has 0 spiro atoms. The third-order valence-electron chi connectivity index (χ3n) is 4.67. The number of para-hydroxylation sites is 1. The maximum absolute atomic E-state index is 9.10. The van der Waals surface area contributed by atoms with Gasteiger partial charge in [0.1, 0.15) is 11.6 Å². The number of anilines is 2. The summed E-state index contributed by atoms with van der Waals surface area (Å²) >= 11 is 0. The fourth-order valence-electron chi connectivity index (χ4n) is 3.24. The molecule has 4 rings (SSSR count). The molecule has 0 aliphatic carbocycles. The molecule has 0 bridgehead atoms. The number of halogens is 1. The minimum Gasteiger partial charge on any atom is -1.00 e. The van der Waals surface area contributed by atoms with Gasteiger partial charge in [0.15, 0.2) is 0 Å². The Bertz CT molecular complexity index is 850. The first-order chi connectivity index (χ1) is 12.8. The highest BCUT2D eigenvalue weighted by atomic mass is 35.5. The Morgan fingerprint density at radius 1 is 1.04 bits per heavy atom. The lowest BCUT2D eigenvalue weighted by molar-refractivity contribution is -0.00000700. The van der Waals surface area contributed by atoms with Crippen molar-refractivity contribution in [3.63, 3.8) is 0 Å². The molecule has 0 unspecified atom stereocenters. The predicted molar refractivity (Wildman–Crippen MR) is 101 cm³/mol. The van der Waals surface area contributed by atoms with Crippen molar-refractivity contribution in [1.29, 1.82) is 0 Å². The maximum atomic E-state index is 9.10. The van der Waals surface area contributed by atoms with Crippen LogP contribution >= 0.6 is 0 Å². The Hall–Kier alpha value is -2.35. The minimum atomic E-state index is 0. The lowest BCUT2D eigenvalue weighted by Gasteiger charge is -2.34. The molecule has 7 nitrogen and oxygen atoms in total. The monoisotopic (exact) mass is 388 g/mol. The molecule has 1 aliphatic rings. The molecular formula is C19H23ClN5O2-. The van der Waals surface area contributed by atoms with Crippen molar-refractivity contribution >= 4 is 22.7 Å². The second-order valence-corrected chi connectivity index (χ2v) is 6.37. The van der Waals surface area contributed by atoms with E-state index in [1.807, 2.05) is 36.4 Å². The summed E-state index contributed by atoms with van der Waals surface area (Å²) in [6, 6.07) is 11.9. The summed E-state index contributed by atoms with van der Waals surface area (Å²) in [7, 11) is 0. The van der Waals surface area contributed by atoms with Crippen LogP contribution in [0.15, 0.2) is 47.1 Å². The Labute approximate surface area is 164 Å². The summed E-state index contributed by atoms with van der Waals surface area (Å²) < 4.78 is 5.41. The Kier molecular flexibility index (Phi) is 6.49. The molecule has 8 heteroatoms. The SMILES string of the molecule is OCCN1CCN(c2nc(NCc3ccco3)c3ccccc3n2)CC1.[Cl-]. The number of fused-ring (bicyclic) bond motifs is 1. The molecule has 1 saturated heterocycles. The Balaban J connectivity index is 0.00000210. The summed E-state index contributed by atoms with van der Waals surface area (Å²) in [5.74, 6) is 2.43. The van der Waals surface area contributed by atoms with Crippen molar-refractivity contribution in [2.45, 2.75) is 6.54 Å². The second-order valence-electron chi connectivity index (χ2n) is 6.37. The van der Waals surface area contributed by atoms with Crippen molar-refractivity contribution in [2.75, 3.05) is 49.5 Å². The number of benzene rings is 1. The van der Waals surface area contributed by atoms with E-state index in [2.05, 4.69) is 15.1 Å². The maximum Gasteiger partial charge on any atom is 0.227 e. The molecule has 1 aliphatic heterocycles. The van der Waals surface area contributed by atoms with Gasteiger partial charge in [-0.1, -0.05) is 12.1 Å². The smallest absolute Gasteiger partial charge is 0.227 e. The summed E-state index contributed by atoms with van der Waals surface area (Å²) in [6.45, 7) is 5.04. The van der Waals surface area contributed by atoms with E-state index in [1.54, 1.807) is 6.26 Å². The third-order valence-corrected chi connectivity index (χ3v) is 4.67. The molecule has 0 atom stereocenters. The first-order valence-corrected chi connectivity index (χ1v) is 8.95. The number of aliphatic hydroxyl groups excluding tert-OH is 1. The van der Waals surface area contributed by atoms with Crippen molar-refractivity contribution < 1.29 is 21.9 Å². The highest BCUT2D eigenvalue weighted by Gasteiger charge is 2.20. The predicted octanol–water partition coefficient (Wildman–Crippen LogP) is -1.05. The molecule has 27 heavy (non-hydrogen) atoms. The number of piperazine rings is 1. The van der Waals surface area contributed by atoms with Gasteiger partial charge < -0.3 is 32.1 Å². The topological polar surface area (TPSA) is 77.7 Å². The van der Waals surface area contributed by atoms with E-state index in [0.717, 1.165) is 61.2 Å². The van der Waals surface area contributed by atoms with Crippen LogP contribution in [0.1, 0.15) is 5.76 Å². The van der Waals surface area contributed by atoms with Gasteiger partial charge in [0.25, 0.3) is 0 Å². The summed E-state index contributed by atoms with van der Waals surface area (Å²) in [6.07, 6.45) is 1.67. The third kappa shape index (κ3) is 4.50. The van der Waals surface area contributed by atoms with Crippen LogP contribution in [0.2, 0.25) is 0 Å². The fraction of sp³-hybridized carbons (Fsp3) is 0.368. The molecule has 0 saturated carbocycles. The molecule has 2 N–H and O–H groups in total. The molecule has 144 valence electrons. The average Bonchev–Trinajstić information content (AvgIpc) is 3.20. The van der Waals surface area contributed by atoms with Gasteiger partial charge in [0.2, 0.25) is 5.95 Å². The summed E-state index contributed by atoms with van der Waals surface area (Å²) in [5.41, 5.74) is 0.928. The number of rotatable bonds is 6. The lowest BCUT2D eigenvalue weighted by atomic mass is 10.2. The highest BCUT2D eigenvalue weighted by molar-refractivity contribution is 5.90. The molecule has 3 heterocycles. The van der Waals surface area contributed by atoms with E-state index in [-0.39, 0.29) is 19.0 Å². The quantitative estimate of drug-likeness (QED) is 0.558. The van der Waals surface area contributed by atoms with Crippen molar-refractivity contribution in [3.05, 3.63) is 48.4 Å². The van der Waals surface area contributed by atoms with Crippen LogP contribution < -0.4 is 22.6 Å². The summed E-state index contributed by atoms with van der Waals surface area (Å²) in [5, 5.41) is 13.5. The first-order valence-electron chi connectivity index (χ1n) is 8.95. The molecule has 0 radical (unpaired) electrons. The van der Waals surface area contributed by atoms with Crippen LogP contribution in [0.4, 0.5) is 11.8 Å². The van der Waals surface area contributed by atoms with E-state index < -0.39 is 0 Å². The van der Waals surface area contributed by atoms with Crippen LogP contribution in [0.25, 0.3) is 10.9 Å². The zero-order chi connectivity index (χ0) is 17.8. The standard InChI is InChI=1S/C19H23N5O2.ClH/c25-12-11-23-7-9-24(10-8-23)19-21-17-6-2-1-5-16(17)18(22-19)20-14-15-4-3-13-26-15;/h1-6,13,25H,7-12,14H2,(H,20,21,22);1H/p-1. The van der Waals surface area contributed by atoms with Crippen LogP contribution in [0.5, 0.6) is 0 Å². The van der Waals surface area contributed by atoms with Gasteiger partial charge in [-0.3, -0.25) is 4.90 Å². The van der Waals surface area contributed by atoms with Gasteiger partial charge in [0.05, 0.1) is 24.9 Å². The van der Waals surface area contributed by atoms with E-state index in [4.69, 9.17) is 19.5 Å². The molecule has 3 aromatic rings. The van der Waals surface area contributed by atoms with E-state index in [0.29, 0.717) is 6.54 Å². The number of hydrogen-bond donors (Lipinski definition) is 2. The van der Waals surface area contributed by atoms with E-state index in [1.165, 1.54) is 0 Å². The van der Waals surface area contributed by atoms with E-state index >= 15 is 0 Å². The second kappa shape index (κ2) is 9.03. The number of nitrogens with one attached hydrogen (secondary N) is 1. The Morgan fingerprint density at radius 3 is 2.59 bits per heavy atom. The number of β-amino-alcohol motifs (C(OH)–C–C–N with tert-alkyl or cyclic N) is 1. The van der Waals surface area contributed by atoms with Gasteiger partial charge in [-0.25, -0.2) is 4.98 Å². The van der Waals surface area contributed by atoms with E-state index in [9.17, 15) is 0 Å². The van der Waals surface area contributed by atoms with Gasteiger partial charge in [-0.15, -0.1) is 0 Å². The van der Waals surface area contributed by atoms with Gasteiger partial charge in [-0.2, -0.15) is 4.98 Å². The number of furan rings is 1. The van der Waals surface area contributed by atoms with Crippen LogP contribution in [-0.4, -0.2) is 59.3 Å². The number of aliphatic hydroxyl groups is 1. The largest absolute Gasteiger partial charge is 1.00 e. The average molecular weight is 389 g/mol. The van der Waals surface area contributed by atoms with Crippen molar-refractivity contribution in [1.82, 2.24) is 14.9 Å². The molecule has 0 amide bonds. The highest BCUT2D eigenvalue weighted by Crippen LogP contribution is 2.24. The van der Waals surface area contributed by atoms with Gasteiger partial charge in [0, 0.05) is 38.1 Å².